The molecule has 2 N–H and O–H groups in total. The Bertz CT molecular complexity index is 139. The Balaban J connectivity index is 2.98. The normalized spacial score (nSPS) is 12.9. The van der Waals surface area contributed by atoms with Crippen LogP contribution in [0.1, 0.15) is 77.6 Å². The fourth-order valence-corrected chi connectivity index (χ4v) is 2.79. The molecule has 0 aromatic heterocycles. The molecule has 2 heteroatoms. The fraction of sp³-hybridized carbons (Fsp3) is 1.00. The van der Waals surface area contributed by atoms with Gasteiger partial charge in [-0.05, 0) is 12.7 Å². The lowest BCUT2D eigenvalue weighted by molar-refractivity contribution is 0.535. The van der Waals surface area contributed by atoms with Crippen molar-refractivity contribution in [2.75, 3.05) is 12.0 Å². The van der Waals surface area contributed by atoms with Crippen LogP contribution in [0.2, 0.25) is 0 Å². The molecule has 0 aromatic carbocycles. The summed E-state index contributed by atoms with van der Waals surface area (Å²) < 4.78 is 0. The molecule has 0 amide bonds. The standard InChI is InChI=1S/C15H33NS/c1-3-4-5-6-7-8-9-10-11-12-13-15(16)14-17-2/h15H,3-14,16H2,1-2H3. The highest BCUT2D eigenvalue weighted by molar-refractivity contribution is 7.98. The van der Waals surface area contributed by atoms with Crippen molar-refractivity contribution in [3.05, 3.63) is 0 Å². The second-order valence-electron chi connectivity index (χ2n) is 5.19. The van der Waals surface area contributed by atoms with E-state index in [-0.39, 0.29) is 0 Å². The summed E-state index contributed by atoms with van der Waals surface area (Å²) >= 11 is 1.87. The molecule has 0 saturated heterocycles. The highest BCUT2D eigenvalue weighted by Crippen LogP contribution is 2.12. The quantitative estimate of drug-likeness (QED) is 0.472. The Labute approximate surface area is 113 Å². The molecule has 0 saturated carbocycles. The summed E-state index contributed by atoms with van der Waals surface area (Å²) in [7, 11) is 0. The summed E-state index contributed by atoms with van der Waals surface area (Å²) in [5, 5.41) is 0. The average Bonchev–Trinajstić information content (AvgIpc) is 2.32. The number of hydrogen-bond donors (Lipinski definition) is 1. The number of nitrogens with two attached hydrogens (primary N) is 1. The molecule has 1 nitrogen and oxygen atoms in total. The summed E-state index contributed by atoms with van der Waals surface area (Å²) in [6, 6.07) is 0.430. The van der Waals surface area contributed by atoms with Crippen molar-refractivity contribution in [2.24, 2.45) is 5.73 Å². The molecule has 0 fully saturated rings. The van der Waals surface area contributed by atoms with Crippen LogP contribution in [-0.2, 0) is 0 Å². The minimum Gasteiger partial charge on any atom is -0.327 e. The average molecular weight is 260 g/mol. The second-order valence-corrected chi connectivity index (χ2v) is 6.10. The van der Waals surface area contributed by atoms with Crippen molar-refractivity contribution in [3.63, 3.8) is 0 Å². The minimum atomic E-state index is 0.430. The van der Waals surface area contributed by atoms with E-state index in [0.717, 1.165) is 5.75 Å². The SMILES string of the molecule is CCCCCCCCCCCCC(N)CSC. The molecule has 0 radical (unpaired) electrons. The van der Waals surface area contributed by atoms with Crippen LogP contribution in [0.3, 0.4) is 0 Å². The molecule has 0 aliphatic rings. The lowest BCUT2D eigenvalue weighted by Gasteiger charge is -2.09. The monoisotopic (exact) mass is 259 g/mol. The predicted octanol–water partition coefficient (Wildman–Crippen LogP) is 4.99. The lowest BCUT2D eigenvalue weighted by atomic mass is 10.0. The first-order valence-corrected chi connectivity index (χ1v) is 8.95. The highest BCUT2D eigenvalue weighted by Gasteiger charge is 2.00. The van der Waals surface area contributed by atoms with Gasteiger partial charge in [-0.3, -0.25) is 0 Å². The van der Waals surface area contributed by atoms with E-state index in [1.165, 1.54) is 70.6 Å². The summed E-state index contributed by atoms with van der Waals surface area (Å²) in [5.41, 5.74) is 5.97. The predicted molar refractivity (Wildman–Crippen MR) is 82.8 cm³/mol. The molecular weight excluding hydrogens is 226 g/mol. The Morgan fingerprint density at radius 2 is 1.29 bits per heavy atom. The largest absolute Gasteiger partial charge is 0.327 e. The first kappa shape index (κ1) is 17.3. The van der Waals surface area contributed by atoms with Crippen LogP contribution in [0.4, 0.5) is 0 Å². The zero-order valence-electron chi connectivity index (χ0n) is 12.0. The molecule has 17 heavy (non-hydrogen) atoms. The molecular formula is C15H33NS. The Hall–Kier alpha value is 0.310. The molecule has 0 spiro atoms. The van der Waals surface area contributed by atoms with Gasteiger partial charge in [0.15, 0.2) is 0 Å². The van der Waals surface area contributed by atoms with Gasteiger partial charge >= 0.3 is 0 Å². The van der Waals surface area contributed by atoms with Crippen LogP contribution < -0.4 is 5.73 Å². The first-order valence-electron chi connectivity index (χ1n) is 7.55. The van der Waals surface area contributed by atoms with E-state index in [2.05, 4.69) is 13.2 Å². The lowest BCUT2D eigenvalue weighted by Crippen LogP contribution is -2.22. The number of thioether (sulfide) groups is 1. The third-order valence-corrected chi connectivity index (χ3v) is 4.07. The zero-order chi connectivity index (χ0) is 12.8. The smallest absolute Gasteiger partial charge is 0.0130 e. The number of rotatable bonds is 13. The van der Waals surface area contributed by atoms with E-state index < -0.39 is 0 Å². The Kier molecular flexibility index (Phi) is 14.6. The fourth-order valence-electron chi connectivity index (χ4n) is 2.19. The van der Waals surface area contributed by atoms with Gasteiger partial charge in [-0.2, -0.15) is 11.8 Å². The van der Waals surface area contributed by atoms with Gasteiger partial charge in [0.2, 0.25) is 0 Å². The van der Waals surface area contributed by atoms with Crippen LogP contribution in [0.25, 0.3) is 0 Å². The van der Waals surface area contributed by atoms with Gasteiger partial charge in [-0.15, -0.1) is 0 Å². The molecule has 0 aromatic rings. The molecule has 0 heterocycles. The zero-order valence-corrected chi connectivity index (χ0v) is 12.9. The van der Waals surface area contributed by atoms with E-state index in [9.17, 15) is 0 Å². The van der Waals surface area contributed by atoms with Crippen LogP contribution in [0.5, 0.6) is 0 Å². The highest BCUT2D eigenvalue weighted by atomic mass is 32.2. The van der Waals surface area contributed by atoms with Crippen molar-refractivity contribution < 1.29 is 0 Å². The number of unbranched alkanes of at least 4 members (excludes halogenated alkanes) is 9. The molecule has 1 unspecified atom stereocenters. The van der Waals surface area contributed by atoms with Crippen molar-refractivity contribution in [1.82, 2.24) is 0 Å². The first-order chi connectivity index (χ1) is 8.31. The third-order valence-electron chi connectivity index (χ3n) is 3.31. The Morgan fingerprint density at radius 1 is 0.824 bits per heavy atom. The van der Waals surface area contributed by atoms with Gasteiger partial charge in [0.25, 0.3) is 0 Å². The van der Waals surface area contributed by atoms with Gasteiger partial charge in [0.1, 0.15) is 0 Å². The second kappa shape index (κ2) is 14.4. The van der Waals surface area contributed by atoms with Crippen molar-refractivity contribution in [3.8, 4) is 0 Å². The van der Waals surface area contributed by atoms with Crippen LogP contribution >= 0.6 is 11.8 Å². The minimum absolute atomic E-state index is 0.430. The topological polar surface area (TPSA) is 26.0 Å². The van der Waals surface area contributed by atoms with Crippen molar-refractivity contribution in [2.45, 2.75) is 83.6 Å². The molecule has 0 aliphatic carbocycles. The van der Waals surface area contributed by atoms with Gasteiger partial charge in [0, 0.05) is 11.8 Å². The molecule has 1 atom stereocenters. The van der Waals surface area contributed by atoms with E-state index in [1.807, 2.05) is 11.8 Å². The third kappa shape index (κ3) is 14.2. The Morgan fingerprint density at radius 3 is 1.76 bits per heavy atom. The van der Waals surface area contributed by atoms with Gasteiger partial charge in [-0.1, -0.05) is 71.1 Å². The summed E-state index contributed by atoms with van der Waals surface area (Å²) in [5.74, 6) is 1.12. The summed E-state index contributed by atoms with van der Waals surface area (Å²) in [6.45, 7) is 2.28. The molecule has 0 aliphatic heterocycles. The van der Waals surface area contributed by atoms with E-state index in [0.29, 0.717) is 6.04 Å². The molecule has 104 valence electrons. The maximum atomic E-state index is 5.97. The van der Waals surface area contributed by atoms with Crippen LogP contribution in [-0.4, -0.2) is 18.1 Å². The maximum absolute atomic E-state index is 5.97. The van der Waals surface area contributed by atoms with Crippen LogP contribution in [0, 0.1) is 0 Å². The van der Waals surface area contributed by atoms with Crippen molar-refractivity contribution >= 4 is 11.8 Å². The van der Waals surface area contributed by atoms with Crippen LogP contribution in [0.15, 0.2) is 0 Å². The van der Waals surface area contributed by atoms with Crippen molar-refractivity contribution in [1.29, 1.82) is 0 Å². The summed E-state index contributed by atoms with van der Waals surface area (Å²) in [4.78, 5) is 0. The molecule has 0 rings (SSSR count). The maximum Gasteiger partial charge on any atom is 0.0130 e. The van der Waals surface area contributed by atoms with E-state index in [1.54, 1.807) is 0 Å². The van der Waals surface area contributed by atoms with Gasteiger partial charge < -0.3 is 5.73 Å². The van der Waals surface area contributed by atoms with E-state index >= 15 is 0 Å². The van der Waals surface area contributed by atoms with Gasteiger partial charge in [-0.25, -0.2) is 0 Å². The molecule has 0 bridgehead atoms. The van der Waals surface area contributed by atoms with E-state index in [4.69, 9.17) is 5.73 Å². The number of hydrogen-bond acceptors (Lipinski definition) is 2. The van der Waals surface area contributed by atoms with Gasteiger partial charge in [0.05, 0.1) is 0 Å². The summed E-state index contributed by atoms with van der Waals surface area (Å²) in [6.07, 6.45) is 17.5.